The molecular weight excluding hydrogens is 264 g/mol. The fourth-order valence-electron chi connectivity index (χ4n) is 1.79. The van der Waals surface area contributed by atoms with E-state index in [-0.39, 0.29) is 24.1 Å². The Morgan fingerprint density at radius 3 is 2.37 bits per heavy atom. The van der Waals surface area contributed by atoms with E-state index in [1.165, 1.54) is 7.05 Å². The second kappa shape index (κ2) is 7.00. The van der Waals surface area contributed by atoms with E-state index < -0.39 is 10.0 Å². The Hall–Kier alpha value is -0.950. The van der Waals surface area contributed by atoms with Crippen LogP contribution in [0.4, 0.5) is 0 Å². The van der Waals surface area contributed by atoms with Gasteiger partial charge in [-0.25, -0.2) is 8.42 Å². The number of benzene rings is 1. The van der Waals surface area contributed by atoms with Crippen molar-refractivity contribution in [2.45, 2.75) is 24.8 Å². The Kier molecular flexibility index (Phi) is 5.93. The summed E-state index contributed by atoms with van der Waals surface area (Å²) in [6.07, 6.45) is 0. The van der Waals surface area contributed by atoms with Gasteiger partial charge in [0, 0.05) is 19.6 Å². The first-order valence-electron chi connectivity index (χ1n) is 6.34. The molecule has 1 unspecified atom stereocenters. The maximum absolute atomic E-state index is 12.1. The van der Waals surface area contributed by atoms with Gasteiger partial charge in [-0.05, 0) is 31.2 Å². The van der Waals surface area contributed by atoms with Crippen LogP contribution in [0.15, 0.2) is 29.2 Å². The van der Waals surface area contributed by atoms with Gasteiger partial charge in [0.25, 0.3) is 0 Å². The average Bonchev–Trinajstić information content (AvgIpc) is 2.39. The highest BCUT2D eigenvalue weighted by Gasteiger charge is 2.20. The van der Waals surface area contributed by atoms with Crippen molar-refractivity contribution < 1.29 is 13.5 Å². The third-order valence-corrected chi connectivity index (χ3v) is 4.88. The second-order valence-corrected chi connectivity index (χ2v) is 6.44. The molecule has 0 aliphatic carbocycles. The van der Waals surface area contributed by atoms with E-state index >= 15 is 0 Å². The lowest BCUT2D eigenvalue weighted by Crippen LogP contribution is -2.29. The molecule has 0 heterocycles. The monoisotopic (exact) mass is 286 g/mol. The zero-order chi connectivity index (χ0) is 14.5. The predicted molar refractivity (Wildman–Crippen MR) is 75.4 cm³/mol. The lowest BCUT2D eigenvalue weighted by atomic mass is 10.1. The average molecular weight is 286 g/mol. The summed E-state index contributed by atoms with van der Waals surface area (Å²) >= 11 is 0. The van der Waals surface area contributed by atoms with Crippen LogP contribution in [0.25, 0.3) is 0 Å². The highest BCUT2D eigenvalue weighted by molar-refractivity contribution is 7.89. The van der Waals surface area contributed by atoms with Crippen LogP contribution in [-0.2, 0) is 10.0 Å². The molecule has 0 aromatic heterocycles. The van der Waals surface area contributed by atoms with Crippen molar-refractivity contribution in [1.82, 2.24) is 9.62 Å². The maximum atomic E-state index is 12.1. The van der Waals surface area contributed by atoms with Crippen molar-refractivity contribution in [2.75, 3.05) is 26.7 Å². The minimum atomic E-state index is -3.50. The van der Waals surface area contributed by atoms with E-state index in [0.29, 0.717) is 0 Å². The number of aliphatic hydroxyl groups is 1. The Morgan fingerprint density at radius 1 is 1.32 bits per heavy atom. The first-order valence-corrected chi connectivity index (χ1v) is 7.78. The highest BCUT2D eigenvalue weighted by Crippen LogP contribution is 2.18. The molecule has 0 radical (unpaired) electrons. The van der Waals surface area contributed by atoms with E-state index in [1.807, 2.05) is 26.0 Å². The molecule has 0 aliphatic rings. The molecule has 19 heavy (non-hydrogen) atoms. The molecule has 5 nitrogen and oxygen atoms in total. The minimum Gasteiger partial charge on any atom is -0.395 e. The van der Waals surface area contributed by atoms with E-state index in [9.17, 15) is 8.42 Å². The van der Waals surface area contributed by atoms with Gasteiger partial charge < -0.3 is 10.4 Å². The van der Waals surface area contributed by atoms with Gasteiger partial charge >= 0.3 is 0 Å². The summed E-state index contributed by atoms with van der Waals surface area (Å²) in [7, 11) is -2.04. The fourth-order valence-corrected chi connectivity index (χ4v) is 2.96. The van der Waals surface area contributed by atoms with Crippen molar-refractivity contribution in [3.8, 4) is 0 Å². The van der Waals surface area contributed by atoms with E-state index in [0.717, 1.165) is 16.4 Å². The summed E-state index contributed by atoms with van der Waals surface area (Å²) in [6, 6.07) is 7.02. The first kappa shape index (κ1) is 16.1. The van der Waals surface area contributed by atoms with Gasteiger partial charge in [-0.15, -0.1) is 0 Å². The molecule has 0 amide bonds. The van der Waals surface area contributed by atoms with Crippen LogP contribution in [0.1, 0.15) is 25.5 Å². The van der Waals surface area contributed by atoms with Crippen LogP contribution >= 0.6 is 0 Å². The van der Waals surface area contributed by atoms with Crippen LogP contribution < -0.4 is 5.32 Å². The standard InChI is InChI=1S/C13H22N2O3S/c1-4-14-11(2)12-5-7-13(8-6-12)19(17,18)15(3)9-10-16/h5-8,11,14,16H,4,9-10H2,1-3H3. The van der Waals surface area contributed by atoms with E-state index in [1.54, 1.807) is 12.1 Å². The van der Waals surface area contributed by atoms with Gasteiger partial charge in [0.2, 0.25) is 10.0 Å². The Labute approximate surface area is 115 Å². The lowest BCUT2D eigenvalue weighted by Gasteiger charge is -2.17. The van der Waals surface area contributed by atoms with Crippen molar-refractivity contribution in [1.29, 1.82) is 0 Å². The largest absolute Gasteiger partial charge is 0.395 e. The van der Waals surface area contributed by atoms with Gasteiger partial charge in [0.1, 0.15) is 0 Å². The third-order valence-electron chi connectivity index (χ3n) is 3.01. The molecule has 0 aliphatic heterocycles. The molecule has 0 saturated carbocycles. The zero-order valence-electron chi connectivity index (χ0n) is 11.6. The summed E-state index contributed by atoms with van der Waals surface area (Å²) in [4.78, 5) is 0.246. The number of rotatable bonds is 7. The molecule has 2 N–H and O–H groups in total. The van der Waals surface area contributed by atoms with Gasteiger partial charge in [-0.1, -0.05) is 19.1 Å². The molecule has 0 saturated heterocycles. The van der Waals surface area contributed by atoms with Gasteiger partial charge in [-0.3, -0.25) is 0 Å². The molecule has 1 aromatic carbocycles. The molecule has 108 valence electrons. The van der Waals surface area contributed by atoms with Crippen LogP contribution in [0, 0.1) is 0 Å². The fraction of sp³-hybridized carbons (Fsp3) is 0.538. The molecule has 1 aromatic rings. The number of aliphatic hydroxyl groups excluding tert-OH is 1. The number of sulfonamides is 1. The minimum absolute atomic E-state index is 0.0951. The normalized spacial score (nSPS) is 13.7. The number of likely N-dealkylation sites (N-methyl/N-ethyl adjacent to an activating group) is 1. The van der Waals surface area contributed by atoms with Gasteiger partial charge in [-0.2, -0.15) is 4.31 Å². The molecule has 6 heteroatoms. The van der Waals surface area contributed by atoms with Gasteiger partial charge in [0.05, 0.1) is 11.5 Å². The van der Waals surface area contributed by atoms with Crippen LogP contribution in [0.3, 0.4) is 0 Å². The summed E-state index contributed by atoms with van der Waals surface area (Å²) < 4.78 is 25.4. The molecule has 1 rings (SSSR count). The summed E-state index contributed by atoms with van der Waals surface area (Å²) in [5.41, 5.74) is 1.05. The van der Waals surface area contributed by atoms with Gasteiger partial charge in [0.15, 0.2) is 0 Å². The number of hydrogen-bond donors (Lipinski definition) is 2. The van der Waals surface area contributed by atoms with E-state index in [4.69, 9.17) is 5.11 Å². The van der Waals surface area contributed by atoms with E-state index in [2.05, 4.69) is 5.32 Å². The SMILES string of the molecule is CCNC(C)c1ccc(S(=O)(=O)N(C)CCO)cc1. The molecule has 0 fully saturated rings. The van der Waals surface area contributed by atoms with Crippen molar-refractivity contribution >= 4 is 10.0 Å². The Morgan fingerprint density at radius 2 is 1.89 bits per heavy atom. The second-order valence-electron chi connectivity index (χ2n) is 4.40. The van der Waals surface area contributed by atoms with Crippen LogP contribution in [0.5, 0.6) is 0 Å². The van der Waals surface area contributed by atoms with Crippen LogP contribution in [0.2, 0.25) is 0 Å². The van der Waals surface area contributed by atoms with Crippen molar-refractivity contribution in [3.05, 3.63) is 29.8 Å². The summed E-state index contributed by atoms with van der Waals surface area (Å²) in [5.74, 6) is 0. The van der Waals surface area contributed by atoms with Crippen molar-refractivity contribution in [3.63, 3.8) is 0 Å². The number of nitrogens with one attached hydrogen (secondary N) is 1. The zero-order valence-corrected chi connectivity index (χ0v) is 12.4. The lowest BCUT2D eigenvalue weighted by molar-refractivity contribution is 0.266. The molecular formula is C13H22N2O3S. The Balaban J connectivity index is 2.92. The van der Waals surface area contributed by atoms with Crippen molar-refractivity contribution in [2.24, 2.45) is 0 Å². The Bertz CT molecular complexity index is 485. The highest BCUT2D eigenvalue weighted by atomic mass is 32.2. The molecule has 0 bridgehead atoms. The summed E-state index contributed by atoms with van der Waals surface area (Å²) in [5, 5.41) is 12.1. The predicted octanol–water partition coefficient (Wildman–Crippen LogP) is 0.970. The first-order chi connectivity index (χ1) is 8.93. The topological polar surface area (TPSA) is 69.6 Å². The van der Waals surface area contributed by atoms with Crippen LogP contribution in [-0.4, -0.2) is 44.6 Å². The quantitative estimate of drug-likeness (QED) is 0.783. The smallest absolute Gasteiger partial charge is 0.242 e. The third kappa shape index (κ3) is 4.01. The molecule has 0 spiro atoms. The number of hydrogen-bond acceptors (Lipinski definition) is 4. The summed E-state index contributed by atoms with van der Waals surface area (Å²) in [6.45, 7) is 4.83. The number of nitrogens with zero attached hydrogens (tertiary/aromatic N) is 1. The molecule has 1 atom stereocenters. The maximum Gasteiger partial charge on any atom is 0.242 e.